The van der Waals surface area contributed by atoms with E-state index < -0.39 is 23.4 Å². The maximum atomic E-state index is 13.0. The number of ether oxygens (including phenoxy) is 2. The number of methoxy groups -OCH3 is 1. The molecule has 3 rings (SSSR count). The van der Waals surface area contributed by atoms with Crippen molar-refractivity contribution in [1.82, 2.24) is 9.88 Å². The van der Waals surface area contributed by atoms with Gasteiger partial charge in [0, 0.05) is 0 Å². The highest BCUT2D eigenvalue weighted by Crippen LogP contribution is 2.06. The summed E-state index contributed by atoms with van der Waals surface area (Å²) in [5.74, 6) is -0.924. The summed E-state index contributed by atoms with van der Waals surface area (Å²) in [5.41, 5.74) is 0.613. The third kappa shape index (κ3) is 6.30. The van der Waals surface area contributed by atoms with Crippen LogP contribution >= 0.6 is 11.3 Å². The fourth-order valence-electron chi connectivity index (χ4n) is 2.86. The van der Waals surface area contributed by atoms with Crippen LogP contribution in [0.3, 0.4) is 0 Å². The van der Waals surface area contributed by atoms with Crippen molar-refractivity contribution in [2.75, 3.05) is 13.7 Å². The van der Waals surface area contributed by atoms with E-state index in [1.165, 1.54) is 24.0 Å². The van der Waals surface area contributed by atoms with Crippen LogP contribution in [0, 0.1) is 0 Å². The third-order valence-corrected chi connectivity index (χ3v) is 5.50. The molecule has 0 radical (unpaired) electrons. The van der Waals surface area contributed by atoms with Gasteiger partial charge in [0.1, 0.15) is 17.0 Å². The second-order valence-corrected chi connectivity index (χ2v) is 7.77. The van der Waals surface area contributed by atoms with Gasteiger partial charge in [0.15, 0.2) is 0 Å². The fourth-order valence-corrected chi connectivity index (χ4v) is 3.89. The molecule has 1 amide bonds. The molecule has 172 valence electrons. The monoisotopic (exact) mass is 470 g/mol. The molecule has 0 saturated carbocycles. The quantitative estimate of drug-likeness (QED) is 0.484. The molecule has 33 heavy (non-hydrogen) atoms. The number of hydrogen-bond acceptors (Lipinski definition) is 8. The molecule has 0 aliphatic heterocycles. The zero-order chi connectivity index (χ0) is 23.8. The lowest BCUT2D eigenvalue weighted by Crippen LogP contribution is -2.38. The molecule has 9 nitrogen and oxygen atoms in total. The molecule has 1 N–H and O–H groups in total. The van der Waals surface area contributed by atoms with Gasteiger partial charge in [0.05, 0.1) is 42.7 Å². The van der Waals surface area contributed by atoms with Gasteiger partial charge in [-0.05, 0) is 42.8 Å². The van der Waals surface area contributed by atoms with Crippen LogP contribution in [0.2, 0.25) is 0 Å². The molecule has 0 fully saturated rings. The average molecular weight is 471 g/mol. The van der Waals surface area contributed by atoms with Crippen LogP contribution in [0.5, 0.6) is 0 Å². The largest absolute Gasteiger partial charge is 0.467 e. The number of amides is 1. The van der Waals surface area contributed by atoms with Crippen molar-refractivity contribution in [3.05, 3.63) is 79.1 Å². The highest BCUT2D eigenvalue weighted by Gasteiger charge is 2.12. The van der Waals surface area contributed by atoms with Crippen molar-refractivity contribution in [1.29, 1.82) is 0 Å². The van der Waals surface area contributed by atoms with E-state index in [-0.39, 0.29) is 24.4 Å². The first-order chi connectivity index (χ1) is 15.9. The van der Waals surface area contributed by atoms with Crippen LogP contribution in [-0.2, 0) is 32.2 Å². The second-order valence-electron chi connectivity index (χ2n) is 6.71. The Balaban J connectivity index is 1.93. The van der Waals surface area contributed by atoms with Gasteiger partial charge < -0.3 is 19.2 Å². The number of esters is 2. The molecular formula is C23H22N2O7S. The first kappa shape index (κ1) is 23.7. The lowest BCUT2D eigenvalue weighted by Gasteiger charge is -2.04. The van der Waals surface area contributed by atoms with Crippen molar-refractivity contribution in [2.45, 2.75) is 20.0 Å². The van der Waals surface area contributed by atoms with E-state index in [9.17, 15) is 19.2 Å². The van der Waals surface area contributed by atoms with Crippen LogP contribution in [0.1, 0.15) is 28.6 Å². The Morgan fingerprint density at radius 2 is 1.94 bits per heavy atom. The number of rotatable bonds is 8. The molecule has 0 unspecified atom stereocenters. The molecule has 2 heterocycles. The molecule has 0 atom stereocenters. The van der Waals surface area contributed by atoms with Crippen molar-refractivity contribution in [2.24, 2.45) is 0 Å². The SMILES string of the molecule is CCOC(=O)C=c1sc(=Cc2ccc(C(=O)OC)cc2)c(=O)n1CC(=O)NCc1ccco1. The number of aromatic nitrogens is 1. The maximum absolute atomic E-state index is 13.0. The zero-order valence-corrected chi connectivity index (χ0v) is 18.8. The summed E-state index contributed by atoms with van der Waals surface area (Å²) in [7, 11) is 1.29. The van der Waals surface area contributed by atoms with Gasteiger partial charge in [-0.15, -0.1) is 11.3 Å². The van der Waals surface area contributed by atoms with E-state index in [1.54, 1.807) is 49.4 Å². The van der Waals surface area contributed by atoms with Crippen LogP contribution in [0.15, 0.2) is 51.9 Å². The van der Waals surface area contributed by atoms with Crippen LogP contribution in [0.4, 0.5) is 0 Å². The van der Waals surface area contributed by atoms with Gasteiger partial charge in [0.25, 0.3) is 5.56 Å². The second kappa shape index (κ2) is 11.1. The lowest BCUT2D eigenvalue weighted by molar-refractivity contribution is -0.135. The minimum atomic E-state index is -0.613. The van der Waals surface area contributed by atoms with E-state index in [0.29, 0.717) is 21.4 Å². The normalized spacial score (nSPS) is 11.9. The van der Waals surface area contributed by atoms with E-state index >= 15 is 0 Å². The zero-order valence-electron chi connectivity index (χ0n) is 18.0. The lowest BCUT2D eigenvalue weighted by atomic mass is 10.1. The number of hydrogen-bond donors (Lipinski definition) is 1. The number of nitrogens with zero attached hydrogens (tertiary/aromatic N) is 1. The van der Waals surface area contributed by atoms with Gasteiger partial charge in [-0.2, -0.15) is 0 Å². The average Bonchev–Trinajstić information content (AvgIpc) is 3.42. The number of carbonyl (C=O) groups excluding carboxylic acids is 3. The molecule has 2 aromatic heterocycles. The van der Waals surface area contributed by atoms with Crippen molar-refractivity contribution in [3.8, 4) is 0 Å². The Hall–Kier alpha value is -3.92. The molecule has 0 saturated heterocycles. The standard InChI is InChI=1S/C23H22N2O7S/c1-3-31-21(27)12-20-25(14-19(26)24-13-17-5-4-10-32-17)22(28)18(33-20)11-15-6-8-16(9-7-15)23(29)30-2/h4-12H,3,13-14H2,1-2H3,(H,24,26). The Kier molecular flexibility index (Phi) is 7.98. The molecule has 1 aromatic carbocycles. The first-order valence-corrected chi connectivity index (χ1v) is 10.8. The summed E-state index contributed by atoms with van der Waals surface area (Å²) in [6.07, 6.45) is 4.30. The Bertz CT molecular complexity index is 1300. The summed E-state index contributed by atoms with van der Waals surface area (Å²) < 4.78 is 16.6. The van der Waals surface area contributed by atoms with E-state index in [1.807, 2.05) is 0 Å². The van der Waals surface area contributed by atoms with Crippen LogP contribution in [-0.4, -0.2) is 36.1 Å². The summed E-state index contributed by atoms with van der Waals surface area (Å²) in [5, 5.41) is 2.68. The Morgan fingerprint density at radius 3 is 2.58 bits per heavy atom. The first-order valence-electron chi connectivity index (χ1n) is 9.98. The van der Waals surface area contributed by atoms with Crippen molar-refractivity contribution < 1.29 is 28.3 Å². The molecule has 10 heteroatoms. The van der Waals surface area contributed by atoms with Gasteiger partial charge >= 0.3 is 11.9 Å². The highest BCUT2D eigenvalue weighted by molar-refractivity contribution is 7.07. The summed E-state index contributed by atoms with van der Waals surface area (Å²) in [4.78, 5) is 49.0. The topological polar surface area (TPSA) is 117 Å². The number of furan rings is 1. The highest BCUT2D eigenvalue weighted by atomic mass is 32.1. The van der Waals surface area contributed by atoms with Gasteiger partial charge in [-0.3, -0.25) is 14.2 Å². The van der Waals surface area contributed by atoms with E-state index in [2.05, 4.69) is 10.1 Å². The molecule has 0 aliphatic rings. The minimum Gasteiger partial charge on any atom is -0.467 e. The summed E-state index contributed by atoms with van der Waals surface area (Å²) in [6.45, 7) is 1.75. The number of nitrogens with one attached hydrogen (secondary N) is 1. The smallest absolute Gasteiger partial charge is 0.337 e. The van der Waals surface area contributed by atoms with Gasteiger partial charge in [0.2, 0.25) is 5.91 Å². The predicted molar refractivity (Wildman–Crippen MR) is 121 cm³/mol. The van der Waals surface area contributed by atoms with E-state index in [4.69, 9.17) is 9.15 Å². The Labute approximate surface area is 192 Å². The number of benzene rings is 1. The minimum absolute atomic E-state index is 0.174. The summed E-state index contributed by atoms with van der Waals surface area (Å²) >= 11 is 1.06. The predicted octanol–water partition coefficient (Wildman–Crippen LogP) is 0.778. The van der Waals surface area contributed by atoms with Gasteiger partial charge in [-0.25, -0.2) is 9.59 Å². The fraction of sp³-hybridized carbons (Fsp3) is 0.217. The molecule has 0 bridgehead atoms. The molecular weight excluding hydrogens is 448 g/mol. The molecule has 0 spiro atoms. The molecule has 0 aliphatic carbocycles. The van der Waals surface area contributed by atoms with Crippen LogP contribution in [0.25, 0.3) is 12.2 Å². The Morgan fingerprint density at radius 1 is 1.18 bits per heavy atom. The maximum Gasteiger partial charge on any atom is 0.337 e. The van der Waals surface area contributed by atoms with Crippen molar-refractivity contribution >= 4 is 41.3 Å². The third-order valence-electron chi connectivity index (χ3n) is 4.44. The van der Waals surface area contributed by atoms with Crippen molar-refractivity contribution in [3.63, 3.8) is 0 Å². The number of thiazole rings is 1. The number of carbonyl (C=O) groups is 3. The summed E-state index contributed by atoms with van der Waals surface area (Å²) in [6, 6.07) is 9.92. The van der Waals surface area contributed by atoms with Crippen LogP contribution < -0.4 is 20.1 Å². The van der Waals surface area contributed by atoms with Gasteiger partial charge in [-0.1, -0.05) is 12.1 Å². The van der Waals surface area contributed by atoms with E-state index in [0.717, 1.165) is 11.3 Å². The molecule has 3 aromatic rings.